The third kappa shape index (κ3) is 5.83. The second-order valence-electron chi connectivity index (χ2n) is 4.46. The van der Waals surface area contributed by atoms with E-state index in [9.17, 15) is 8.42 Å². The van der Waals surface area contributed by atoms with Crippen molar-refractivity contribution in [2.24, 2.45) is 0 Å². The molecular formula is C10H20N2O2S3. The molecule has 1 heterocycles. The molecule has 0 amide bonds. The molecule has 0 aromatic rings. The van der Waals surface area contributed by atoms with Crippen molar-refractivity contribution in [2.45, 2.75) is 24.1 Å². The van der Waals surface area contributed by atoms with E-state index >= 15 is 0 Å². The second kappa shape index (κ2) is 6.65. The SMILES string of the molecule is O=S(=O)(CCNC1CC1)NCC1CSCCS1. The van der Waals surface area contributed by atoms with Crippen LogP contribution in [0.3, 0.4) is 0 Å². The first-order chi connectivity index (χ1) is 8.16. The lowest BCUT2D eigenvalue weighted by Gasteiger charge is -2.21. The minimum absolute atomic E-state index is 0.202. The van der Waals surface area contributed by atoms with Gasteiger partial charge in [0.1, 0.15) is 0 Å². The molecule has 0 aromatic heterocycles. The van der Waals surface area contributed by atoms with Crippen LogP contribution in [0.1, 0.15) is 12.8 Å². The van der Waals surface area contributed by atoms with Gasteiger partial charge in [-0.25, -0.2) is 13.1 Å². The molecular weight excluding hydrogens is 276 g/mol. The molecule has 17 heavy (non-hydrogen) atoms. The maximum Gasteiger partial charge on any atom is 0.212 e. The number of sulfonamides is 1. The summed E-state index contributed by atoms with van der Waals surface area (Å²) in [5, 5.41) is 3.67. The molecule has 7 heteroatoms. The summed E-state index contributed by atoms with van der Waals surface area (Å²) in [4.78, 5) is 0. The Morgan fingerprint density at radius 2 is 2.06 bits per heavy atom. The molecule has 1 aliphatic heterocycles. The summed E-state index contributed by atoms with van der Waals surface area (Å²) in [5.41, 5.74) is 0. The third-order valence-corrected chi connectivity index (χ3v) is 6.99. The van der Waals surface area contributed by atoms with Gasteiger partial charge in [-0.15, -0.1) is 0 Å². The van der Waals surface area contributed by atoms with Crippen LogP contribution >= 0.6 is 23.5 Å². The van der Waals surface area contributed by atoms with Gasteiger partial charge in [0.25, 0.3) is 0 Å². The van der Waals surface area contributed by atoms with E-state index in [-0.39, 0.29) is 5.75 Å². The summed E-state index contributed by atoms with van der Waals surface area (Å²) >= 11 is 3.79. The van der Waals surface area contributed by atoms with E-state index in [0.717, 1.165) is 11.5 Å². The van der Waals surface area contributed by atoms with Crippen molar-refractivity contribution in [1.82, 2.24) is 10.0 Å². The van der Waals surface area contributed by atoms with Gasteiger partial charge >= 0.3 is 0 Å². The predicted octanol–water partition coefficient (Wildman–Crippen LogP) is 0.506. The maximum atomic E-state index is 11.7. The minimum atomic E-state index is -3.08. The Morgan fingerprint density at radius 3 is 2.71 bits per heavy atom. The van der Waals surface area contributed by atoms with Crippen molar-refractivity contribution in [3.8, 4) is 0 Å². The van der Waals surface area contributed by atoms with E-state index in [0.29, 0.717) is 24.4 Å². The highest BCUT2D eigenvalue weighted by Crippen LogP contribution is 2.23. The molecule has 2 fully saturated rings. The van der Waals surface area contributed by atoms with Crippen molar-refractivity contribution in [2.75, 3.05) is 36.1 Å². The Bertz CT molecular complexity index is 324. The van der Waals surface area contributed by atoms with Gasteiger partial charge < -0.3 is 5.32 Å². The Hall–Kier alpha value is 0.570. The molecule has 0 spiro atoms. The van der Waals surface area contributed by atoms with Gasteiger partial charge in [-0.2, -0.15) is 23.5 Å². The van der Waals surface area contributed by atoms with Crippen molar-refractivity contribution in [3.05, 3.63) is 0 Å². The molecule has 1 saturated heterocycles. The van der Waals surface area contributed by atoms with Crippen LogP contribution in [0.2, 0.25) is 0 Å². The lowest BCUT2D eigenvalue weighted by atomic mass is 10.5. The standard InChI is InChI=1S/C10H20N2O2S3/c13-17(14,6-3-11-9-1-2-9)12-7-10-8-15-4-5-16-10/h9-12H,1-8H2. The van der Waals surface area contributed by atoms with Gasteiger partial charge in [-0.1, -0.05) is 0 Å². The van der Waals surface area contributed by atoms with Crippen LogP contribution < -0.4 is 10.0 Å². The summed E-state index contributed by atoms with van der Waals surface area (Å²) in [7, 11) is -3.08. The zero-order valence-electron chi connectivity index (χ0n) is 9.85. The van der Waals surface area contributed by atoms with E-state index in [1.54, 1.807) is 0 Å². The zero-order chi connectivity index (χ0) is 12.1. The van der Waals surface area contributed by atoms with Crippen molar-refractivity contribution < 1.29 is 8.42 Å². The van der Waals surface area contributed by atoms with Crippen LogP contribution in [0.15, 0.2) is 0 Å². The Balaban J connectivity index is 1.61. The zero-order valence-corrected chi connectivity index (χ0v) is 12.3. The summed E-state index contributed by atoms with van der Waals surface area (Å²) in [6.45, 7) is 1.16. The molecule has 0 bridgehead atoms. The third-order valence-electron chi connectivity index (χ3n) is 2.80. The van der Waals surface area contributed by atoms with Gasteiger partial charge in [0, 0.05) is 41.6 Å². The van der Waals surface area contributed by atoms with Crippen LogP contribution in [-0.2, 0) is 10.0 Å². The fourth-order valence-electron chi connectivity index (χ4n) is 1.63. The summed E-state index contributed by atoms with van der Waals surface area (Å²) in [5.74, 6) is 3.60. The van der Waals surface area contributed by atoms with Gasteiger partial charge in [0.05, 0.1) is 5.75 Å². The van der Waals surface area contributed by atoms with Crippen molar-refractivity contribution in [3.63, 3.8) is 0 Å². The first kappa shape index (κ1) is 14.0. The van der Waals surface area contributed by atoms with Crippen LogP contribution in [0.5, 0.6) is 0 Å². The quantitative estimate of drug-likeness (QED) is 0.717. The van der Waals surface area contributed by atoms with Gasteiger partial charge in [-0.05, 0) is 12.8 Å². The van der Waals surface area contributed by atoms with Gasteiger partial charge in [0.15, 0.2) is 0 Å². The number of thioether (sulfide) groups is 2. The summed E-state index contributed by atoms with van der Waals surface area (Å²) in [6.07, 6.45) is 2.40. The molecule has 100 valence electrons. The summed E-state index contributed by atoms with van der Waals surface area (Å²) < 4.78 is 26.1. The highest BCUT2D eigenvalue weighted by atomic mass is 32.2. The highest BCUT2D eigenvalue weighted by molar-refractivity contribution is 8.06. The number of nitrogens with one attached hydrogen (secondary N) is 2. The molecule has 2 aliphatic rings. The number of rotatable bonds is 7. The van der Waals surface area contributed by atoms with Crippen LogP contribution in [-0.4, -0.2) is 55.8 Å². The number of hydrogen-bond acceptors (Lipinski definition) is 5. The largest absolute Gasteiger partial charge is 0.313 e. The molecule has 1 unspecified atom stereocenters. The molecule has 2 N–H and O–H groups in total. The first-order valence-electron chi connectivity index (χ1n) is 6.06. The Kier molecular flexibility index (Phi) is 5.48. The van der Waals surface area contributed by atoms with Crippen LogP contribution in [0.25, 0.3) is 0 Å². The fourth-order valence-corrected chi connectivity index (χ4v) is 5.33. The highest BCUT2D eigenvalue weighted by Gasteiger charge is 2.22. The lowest BCUT2D eigenvalue weighted by Crippen LogP contribution is -2.37. The molecule has 0 aromatic carbocycles. The maximum absolute atomic E-state index is 11.7. The molecule has 4 nitrogen and oxygen atoms in total. The second-order valence-corrected chi connectivity index (χ2v) is 8.95. The molecule has 1 saturated carbocycles. The van der Waals surface area contributed by atoms with E-state index in [1.807, 2.05) is 23.5 Å². The van der Waals surface area contributed by atoms with Crippen LogP contribution in [0, 0.1) is 0 Å². The van der Waals surface area contributed by atoms with Crippen LogP contribution in [0.4, 0.5) is 0 Å². The van der Waals surface area contributed by atoms with Crippen molar-refractivity contribution in [1.29, 1.82) is 0 Å². The smallest absolute Gasteiger partial charge is 0.212 e. The average molecular weight is 296 g/mol. The van der Waals surface area contributed by atoms with E-state index in [2.05, 4.69) is 10.0 Å². The topological polar surface area (TPSA) is 58.2 Å². The summed E-state index contributed by atoms with van der Waals surface area (Å²) in [6, 6.07) is 0.579. The lowest BCUT2D eigenvalue weighted by molar-refractivity contribution is 0.576. The predicted molar refractivity (Wildman–Crippen MR) is 76.4 cm³/mol. The monoisotopic (exact) mass is 296 g/mol. The van der Waals surface area contributed by atoms with E-state index in [1.165, 1.54) is 18.6 Å². The van der Waals surface area contributed by atoms with E-state index < -0.39 is 10.0 Å². The van der Waals surface area contributed by atoms with Crippen molar-refractivity contribution >= 4 is 33.5 Å². The first-order valence-corrected chi connectivity index (χ1v) is 9.91. The van der Waals surface area contributed by atoms with Gasteiger partial charge in [-0.3, -0.25) is 0 Å². The molecule has 1 atom stereocenters. The number of hydrogen-bond donors (Lipinski definition) is 2. The van der Waals surface area contributed by atoms with Gasteiger partial charge in [0.2, 0.25) is 10.0 Å². The minimum Gasteiger partial charge on any atom is -0.313 e. The normalized spacial score (nSPS) is 26.0. The molecule has 2 rings (SSSR count). The Labute approximate surface area is 112 Å². The Morgan fingerprint density at radius 1 is 1.24 bits per heavy atom. The average Bonchev–Trinajstić information content (AvgIpc) is 3.12. The fraction of sp³-hybridized carbons (Fsp3) is 1.00. The molecule has 0 radical (unpaired) electrons. The van der Waals surface area contributed by atoms with E-state index in [4.69, 9.17) is 0 Å². The molecule has 1 aliphatic carbocycles.